The maximum Gasteiger partial charge on any atom is 0.359 e. The average molecular weight is 457 g/mol. The topological polar surface area (TPSA) is 114 Å². The zero-order valence-electron chi connectivity index (χ0n) is 17.9. The molecule has 4 rings (SSSR count). The molecule has 0 atom stereocenters. The van der Waals surface area contributed by atoms with Crippen molar-refractivity contribution in [2.45, 2.75) is 0 Å². The molecule has 3 aromatic carbocycles. The first-order chi connectivity index (χ1) is 16.6. The van der Waals surface area contributed by atoms with Crippen molar-refractivity contribution in [3.63, 3.8) is 0 Å². The lowest BCUT2D eigenvalue weighted by Gasteiger charge is -2.10. The zero-order valence-corrected chi connectivity index (χ0v) is 17.9. The van der Waals surface area contributed by atoms with E-state index in [1.165, 1.54) is 4.68 Å². The summed E-state index contributed by atoms with van der Waals surface area (Å²) in [6, 6.07) is 26.7. The first-order valence-corrected chi connectivity index (χ1v) is 10.3. The molecule has 0 aliphatic heterocycles. The Morgan fingerprint density at radius 3 is 2.06 bits per heavy atom. The van der Waals surface area contributed by atoms with E-state index in [2.05, 4.69) is 9.94 Å². The molecular formula is C25H19N3O6. The standard InChI is InChI=1S/C25H19N3O6/c29-24(19-12-6-2-7-13-19)21-22(25(30)33-16-17-34-28(31)32)26-27(20-14-8-3-9-15-20)23(21)18-10-4-1-5-11-18/h1-15H,16-17H2. The summed E-state index contributed by atoms with van der Waals surface area (Å²) in [5.74, 6) is -1.30. The Kier molecular flexibility index (Phi) is 6.73. The lowest BCUT2D eigenvalue weighted by atomic mass is 9.97. The van der Waals surface area contributed by atoms with Gasteiger partial charge in [-0.05, 0) is 12.1 Å². The van der Waals surface area contributed by atoms with Gasteiger partial charge >= 0.3 is 5.97 Å². The van der Waals surface area contributed by atoms with Crippen LogP contribution >= 0.6 is 0 Å². The van der Waals surface area contributed by atoms with E-state index in [-0.39, 0.29) is 17.9 Å². The van der Waals surface area contributed by atoms with Gasteiger partial charge in [0.1, 0.15) is 13.2 Å². The van der Waals surface area contributed by atoms with Crippen LogP contribution in [0.3, 0.4) is 0 Å². The summed E-state index contributed by atoms with van der Waals surface area (Å²) < 4.78 is 6.67. The molecule has 0 bridgehead atoms. The molecular weight excluding hydrogens is 438 g/mol. The van der Waals surface area contributed by atoms with Crippen LogP contribution in [0.1, 0.15) is 26.4 Å². The second-order valence-corrected chi connectivity index (χ2v) is 7.07. The van der Waals surface area contributed by atoms with Crippen molar-refractivity contribution in [1.82, 2.24) is 9.78 Å². The number of aromatic nitrogens is 2. The van der Waals surface area contributed by atoms with Crippen molar-refractivity contribution in [1.29, 1.82) is 0 Å². The van der Waals surface area contributed by atoms with Gasteiger partial charge in [-0.15, -0.1) is 10.1 Å². The molecule has 0 unspecified atom stereocenters. The van der Waals surface area contributed by atoms with Gasteiger partial charge in [0.25, 0.3) is 5.09 Å². The van der Waals surface area contributed by atoms with E-state index in [4.69, 9.17) is 4.74 Å². The lowest BCUT2D eigenvalue weighted by Crippen LogP contribution is -2.16. The molecule has 0 radical (unpaired) electrons. The minimum Gasteiger partial charge on any atom is -0.459 e. The summed E-state index contributed by atoms with van der Waals surface area (Å²) in [6.07, 6.45) is 0. The minimum atomic E-state index is -0.976. The monoisotopic (exact) mass is 457 g/mol. The molecule has 9 nitrogen and oxygen atoms in total. The molecule has 170 valence electrons. The van der Waals surface area contributed by atoms with Crippen LogP contribution in [0.5, 0.6) is 0 Å². The number of rotatable bonds is 9. The minimum absolute atomic E-state index is 0.0708. The van der Waals surface area contributed by atoms with E-state index in [1.54, 1.807) is 42.5 Å². The Hall–Kier alpha value is -4.79. The van der Waals surface area contributed by atoms with Gasteiger partial charge in [-0.25, -0.2) is 9.48 Å². The van der Waals surface area contributed by atoms with Gasteiger partial charge in [0.05, 0.1) is 16.9 Å². The van der Waals surface area contributed by atoms with Crippen molar-refractivity contribution in [3.8, 4) is 16.9 Å². The first-order valence-electron chi connectivity index (χ1n) is 10.3. The number of carbonyl (C=O) groups excluding carboxylic acids is 2. The predicted octanol–water partition coefficient (Wildman–Crippen LogP) is 4.14. The van der Waals surface area contributed by atoms with Gasteiger partial charge in [-0.3, -0.25) is 4.79 Å². The third-order valence-electron chi connectivity index (χ3n) is 4.90. The molecule has 0 saturated heterocycles. The molecule has 0 saturated carbocycles. The number of para-hydroxylation sites is 1. The van der Waals surface area contributed by atoms with Crippen molar-refractivity contribution < 1.29 is 24.3 Å². The van der Waals surface area contributed by atoms with E-state index in [0.717, 1.165) is 0 Å². The van der Waals surface area contributed by atoms with E-state index in [1.807, 2.05) is 48.5 Å². The molecule has 4 aromatic rings. The Bertz CT molecular complexity index is 1300. The summed E-state index contributed by atoms with van der Waals surface area (Å²) in [4.78, 5) is 41.2. The molecule has 0 amide bonds. The summed E-state index contributed by atoms with van der Waals surface area (Å²) in [7, 11) is 0. The SMILES string of the molecule is O=C(OCCO[N+](=O)[O-])c1nn(-c2ccccc2)c(-c2ccccc2)c1C(=O)c1ccccc1. The van der Waals surface area contributed by atoms with Crippen LogP contribution in [0.2, 0.25) is 0 Å². The fraction of sp³-hybridized carbons (Fsp3) is 0.0800. The van der Waals surface area contributed by atoms with Gasteiger partial charge in [0.15, 0.2) is 11.5 Å². The Labute approximate surface area is 194 Å². The maximum absolute atomic E-state index is 13.7. The van der Waals surface area contributed by atoms with Gasteiger partial charge in [-0.2, -0.15) is 5.10 Å². The van der Waals surface area contributed by atoms with Gasteiger partial charge in [0, 0.05) is 11.1 Å². The summed E-state index contributed by atoms with van der Waals surface area (Å²) in [6.45, 7) is -0.816. The molecule has 0 N–H and O–H groups in total. The maximum atomic E-state index is 13.7. The van der Waals surface area contributed by atoms with E-state index in [0.29, 0.717) is 22.5 Å². The fourth-order valence-electron chi connectivity index (χ4n) is 3.44. The first kappa shape index (κ1) is 22.4. The number of esters is 1. The molecule has 0 aliphatic rings. The number of carbonyl (C=O) groups is 2. The highest BCUT2D eigenvalue weighted by atomic mass is 17.0. The van der Waals surface area contributed by atoms with Crippen molar-refractivity contribution in [2.24, 2.45) is 0 Å². The normalized spacial score (nSPS) is 10.5. The largest absolute Gasteiger partial charge is 0.459 e. The van der Waals surface area contributed by atoms with Gasteiger partial charge in [-0.1, -0.05) is 78.9 Å². The Morgan fingerprint density at radius 2 is 1.44 bits per heavy atom. The van der Waals surface area contributed by atoms with Crippen LogP contribution in [-0.2, 0) is 9.57 Å². The van der Waals surface area contributed by atoms with Crippen molar-refractivity contribution >= 4 is 11.8 Å². The van der Waals surface area contributed by atoms with Crippen LogP contribution in [0.4, 0.5) is 0 Å². The summed E-state index contributed by atoms with van der Waals surface area (Å²) >= 11 is 0. The van der Waals surface area contributed by atoms with E-state index < -0.39 is 23.4 Å². The third kappa shape index (κ3) is 4.83. The second kappa shape index (κ2) is 10.2. The van der Waals surface area contributed by atoms with Gasteiger partial charge in [0.2, 0.25) is 0 Å². The molecule has 0 fully saturated rings. The second-order valence-electron chi connectivity index (χ2n) is 7.07. The highest BCUT2D eigenvalue weighted by Gasteiger charge is 2.31. The Balaban J connectivity index is 1.88. The van der Waals surface area contributed by atoms with Crippen LogP contribution in [0.25, 0.3) is 16.9 Å². The lowest BCUT2D eigenvalue weighted by molar-refractivity contribution is -0.757. The number of hydrogen-bond acceptors (Lipinski definition) is 7. The quantitative estimate of drug-likeness (QED) is 0.122. The zero-order chi connectivity index (χ0) is 23.9. The summed E-state index contributed by atoms with van der Waals surface area (Å²) in [5.41, 5.74) is 1.99. The Morgan fingerprint density at radius 1 is 0.853 bits per heavy atom. The molecule has 1 aromatic heterocycles. The number of benzene rings is 3. The number of nitrogens with zero attached hydrogens (tertiary/aromatic N) is 3. The fourth-order valence-corrected chi connectivity index (χ4v) is 3.44. The molecule has 34 heavy (non-hydrogen) atoms. The van der Waals surface area contributed by atoms with Crippen LogP contribution in [0, 0.1) is 10.1 Å². The third-order valence-corrected chi connectivity index (χ3v) is 4.90. The summed E-state index contributed by atoms with van der Waals surface area (Å²) in [5, 5.41) is 13.8. The number of hydrogen-bond donors (Lipinski definition) is 0. The smallest absolute Gasteiger partial charge is 0.359 e. The molecule has 9 heteroatoms. The highest BCUT2D eigenvalue weighted by molar-refractivity contribution is 6.17. The van der Waals surface area contributed by atoms with Crippen molar-refractivity contribution in [2.75, 3.05) is 13.2 Å². The van der Waals surface area contributed by atoms with E-state index in [9.17, 15) is 19.7 Å². The van der Waals surface area contributed by atoms with Crippen LogP contribution < -0.4 is 0 Å². The predicted molar refractivity (Wildman–Crippen MR) is 122 cm³/mol. The van der Waals surface area contributed by atoms with Crippen molar-refractivity contribution in [3.05, 3.63) is 118 Å². The average Bonchev–Trinajstić information content (AvgIpc) is 3.28. The highest BCUT2D eigenvalue weighted by Crippen LogP contribution is 2.31. The molecule has 1 heterocycles. The van der Waals surface area contributed by atoms with E-state index >= 15 is 0 Å². The van der Waals surface area contributed by atoms with Crippen LogP contribution in [0.15, 0.2) is 91.0 Å². The number of ether oxygens (including phenoxy) is 1. The molecule has 0 spiro atoms. The van der Waals surface area contributed by atoms with Gasteiger partial charge < -0.3 is 9.57 Å². The number of ketones is 1. The molecule has 0 aliphatic carbocycles. The van der Waals surface area contributed by atoms with Crippen LogP contribution in [-0.4, -0.2) is 39.8 Å².